The van der Waals surface area contributed by atoms with Gasteiger partial charge in [0.05, 0.1) is 22.0 Å². The molecule has 40 heavy (non-hydrogen) atoms. The van der Waals surface area contributed by atoms with Crippen molar-refractivity contribution < 1.29 is 23.2 Å². The number of carbonyl (C=O) groups is 3. The van der Waals surface area contributed by atoms with Gasteiger partial charge in [-0.3, -0.25) is 14.4 Å². The minimum Gasteiger partial charge on any atom is -0.353 e. The zero-order valence-corrected chi connectivity index (χ0v) is 23.8. The molecule has 10 heteroatoms. The second-order valence-electron chi connectivity index (χ2n) is 11.7. The van der Waals surface area contributed by atoms with Crippen molar-refractivity contribution in [3.05, 3.63) is 63.6 Å². The Morgan fingerprint density at radius 1 is 1.00 bits per heavy atom. The van der Waals surface area contributed by atoms with E-state index in [1.807, 2.05) is 0 Å². The summed E-state index contributed by atoms with van der Waals surface area (Å²) >= 11 is 12.7. The Morgan fingerprint density at radius 2 is 1.70 bits per heavy atom. The molecule has 2 saturated carbocycles. The van der Waals surface area contributed by atoms with E-state index in [0.29, 0.717) is 24.9 Å². The molecule has 1 aliphatic heterocycles. The van der Waals surface area contributed by atoms with Gasteiger partial charge in [0.2, 0.25) is 17.7 Å². The average molecular weight is 593 g/mol. The monoisotopic (exact) mass is 591 g/mol. The third-order valence-corrected chi connectivity index (χ3v) is 9.70. The number of nitrogens with zero attached hydrogens (tertiary/aromatic N) is 1. The van der Waals surface area contributed by atoms with Crippen LogP contribution in [-0.2, 0) is 14.4 Å². The quantitative estimate of drug-likeness (QED) is 0.368. The molecule has 1 heterocycles. The average Bonchev–Trinajstić information content (AvgIpc) is 3.67. The molecule has 0 bridgehead atoms. The predicted molar refractivity (Wildman–Crippen MR) is 150 cm³/mol. The Hall–Kier alpha value is -2.71. The Balaban J connectivity index is 1.22. The molecule has 1 saturated heterocycles. The molecule has 3 aliphatic rings. The second-order valence-corrected chi connectivity index (χ2v) is 12.4. The number of anilines is 1. The van der Waals surface area contributed by atoms with Crippen molar-refractivity contribution >= 4 is 46.6 Å². The highest BCUT2D eigenvalue weighted by atomic mass is 35.5. The number of carbonyl (C=O) groups excluding carboxylic acids is 3. The highest BCUT2D eigenvalue weighted by Crippen LogP contribution is 2.50. The largest absolute Gasteiger partial charge is 0.353 e. The minimum atomic E-state index is -0.621. The summed E-state index contributed by atoms with van der Waals surface area (Å²) in [7, 11) is 0. The van der Waals surface area contributed by atoms with Crippen molar-refractivity contribution in [3.63, 3.8) is 0 Å². The van der Waals surface area contributed by atoms with Crippen molar-refractivity contribution in [1.29, 1.82) is 0 Å². The van der Waals surface area contributed by atoms with Crippen LogP contribution in [0.15, 0.2) is 36.4 Å². The van der Waals surface area contributed by atoms with Crippen LogP contribution in [0.2, 0.25) is 10.0 Å². The maximum atomic E-state index is 15.1. The summed E-state index contributed by atoms with van der Waals surface area (Å²) in [6.45, 7) is 2.27. The molecule has 2 aromatic carbocycles. The fourth-order valence-corrected chi connectivity index (χ4v) is 6.98. The molecule has 0 unspecified atom stereocenters. The van der Waals surface area contributed by atoms with Crippen molar-refractivity contribution in [2.24, 2.45) is 17.3 Å². The van der Waals surface area contributed by atoms with E-state index in [1.165, 1.54) is 41.3 Å². The Morgan fingerprint density at radius 3 is 2.40 bits per heavy atom. The lowest BCUT2D eigenvalue weighted by Gasteiger charge is -2.36. The lowest BCUT2D eigenvalue weighted by Crippen LogP contribution is -2.42. The number of halogens is 4. The highest BCUT2D eigenvalue weighted by molar-refractivity contribution is 6.42. The number of benzene rings is 2. The molecule has 2 N–H and O–H groups in total. The molecular weight excluding hydrogens is 559 g/mol. The third-order valence-electron chi connectivity index (χ3n) is 8.88. The summed E-state index contributed by atoms with van der Waals surface area (Å²) in [5.74, 6) is -2.37. The first-order chi connectivity index (χ1) is 19.1. The summed E-state index contributed by atoms with van der Waals surface area (Å²) in [5.41, 5.74) is 0.426. The Bertz CT molecular complexity index is 1300. The van der Waals surface area contributed by atoms with E-state index in [0.717, 1.165) is 25.7 Å². The van der Waals surface area contributed by atoms with Crippen molar-refractivity contribution in [3.8, 4) is 0 Å². The fourth-order valence-electron chi connectivity index (χ4n) is 6.56. The fraction of sp³-hybridized carbons (Fsp3) is 0.500. The van der Waals surface area contributed by atoms with Gasteiger partial charge in [0, 0.05) is 36.2 Å². The van der Waals surface area contributed by atoms with Crippen LogP contribution in [0, 0.1) is 28.9 Å². The first-order valence-electron chi connectivity index (χ1n) is 13.9. The predicted octanol–water partition coefficient (Wildman–Crippen LogP) is 6.35. The molecule has 4 atom stereocenters. The van der Waals surface area contributed by atoms with E-state index in [2.05, 4.69) is 17.6 Å². The van der Waals surface area contributed by atoms with Crippen molar-refractivity contribution in [2.75, 3.05) is 11.4 Å². The molecule has 214 valence electrons. The lowest BCUT2D eigenvalue weighted by atomic mass is 9.76. The van der Waals surface area contributed by atoms with Crippen LogP contribution in [-0.4, -0.2) is 30.3 Å². The zero-order valence-electron chi connectivity index (χ0n) is 22.3. The molecule has 0 radical (unpaired) electrons. The van der Waals surface area contributed by atoms with Gasteiger partial charge in [0.25, 0.3) is 0 Å². The molecule has 3 fully saturated rings. The SMILES string of the molecule is CC1([C@H](NC(=O)[C@H]2CC[C@@H](NC(=O)[C@@H]3CC(=O)N(c4ccc(F)cc4)C3)C2)c2c(F)ccc(Cl)c2Cl)CCCC1. The number of hydrogen-bond donors (Lipinski definition) is 2. The van der Waals surface area contributed by atoms with Crippen LogP contribution in [0.5, 0.6) is 0 Å². The Labute approximate surface area is 242 Å². The van der Waals surface area contributed by atoms with Gasteiger partial charge in [0.15, 0.2) is 0 Å². The molecule has 2 aromatic rings. The van der Waals surface area contributed by atoms with E-state index in [-0.39, 0.29) is 63.7 Å². The maximum Gasteiger partial charge on any atom is 0.227 e. The second kappa shape index (κ2) is 11.6. The van der Waals surface area contributed by atoms with Gasteiger partial charge in [-0.1, -0.05) is 43.0 Å². The lowest BCUT2D eigenvalue weighted by molar-refractivity contribution is -0.128. The van der Waals surface area contributed by atoms with Crippen LogP contribution >= 0.6 is 23.2 Å². The topological polar surface area (TPSA) is 78.5 Å². The van der Waals surface area contributed by atoms with Crippen LogP contribution in [0.25, 0.3) is 0 Å². The molecule has 5 rings (SSSR count). The summed E-state index contributed by atoms with van der Waals surface area (Å²) < 4.78 is 28.4. The van der Waals surface area contributed by atoms with Crippen LogP contribution in [0.4, 0.5) is 14.5 Å². The zero-order chi connectivity index (χ0) is 28.6. The summed E-state index contributed by atoms with van der Waals surface area (Å²) in [4.78, 5) is 40.5. The van der Waals surface area contributed by atoms with Gasteiger partial charge in [-0.05, 0) is 73.9 Å². The summed E-state index contributed by atoms with van der Waals surface area (Å²) in [5, 5.41) is 6.51. The smallest absolute Gasteiger partial charge is 0.227 e. The van der Waals surface area contributed by atoms with E-state index in [1.54, 1.807) is 0 Å². The molecule has 2 aliphatic carbocycles. The van der Waals surface area contributed by atoms with E-state index in [9.17, 15) is 18.8 Å². The molecular formula is C30H33Cl2F2N3O3. The van der Waals surface area contributed by atoms with Gasteiger partial charge in [-0.15, -0.1) is 0 Å². The van der Waals surface area contributed by atoms with E-state index >= 15 is 4.39 Å². The number of nitrogens with one attached hydrogen (secondary N) is 2. The van der Waals surface area contributed by atoms with E-state index < -0.39 is 23.6 Å². The number of rotatable bonds is 7. The van der Waals surface area contributed by atoms with Gasteiger partial charge >= 0.3 is 0 Å². The van der Waals surface area contributed by atoms with Gasteiger partial charge in [0.1, 0.15) is 11.6 Å². The van der Waals surface area contributed by atoms with Gasteiger partial charge < -0.3 is 15.5 Å². The summed E-state index contributed by atoms with van der Waals surface area (Å²) in [6, 6.07) is 7.49. The molecule has 0 spiro atoms. The first kappa shape index (κ1) is 28.8. The van der Waals surface area contributed by atoms with Crippen molar-refractivity contribution in [2.45, 2.75) is 70.4 Å². The number of hydrogen-bond acceptors (Lipinski definition) is 3. The van der Waals surface area contributed by atoms with Crippen molar-refractivity contribution in [1.82, 2.24) is 10.6 Å². The summed E-state index contributed by atoms with van der Waals surface area (Å²) in [6.07, 6.45) is 5.38. The van der Waals surface area contributed by atoms with Crippen LogP contribution < -0.4 is 15.5 Å². The van der Waals surface area contributed by atoms with Crippen LogP contribution in [0.1, 0.15) is 69.9 Å². The molecule has 6 nitrogen and oxygen atoms in total. The maximum absolute atomic E-state index is 15.1. The Kier molecular flexibility index (Phi) is 8.39. The molecule has 0 aromatic heterocycles. The third kappa shape index (κ3) is 5.84. The van der Waals surface area contributed by atoms with Gasteiger partial charge in [-0.25, -0.2) is 8.78 Å². The van der Waals surface area contributed by atoms with Gasteiger partial charge in [-0.2, -0.15) is 0 Å². The number of amides is 3. The van der Waals surface area contributed by atoms with Crippen LogP contribution in [0.3, 0.4) is 0 Å². The van der Waals surface area contributed by atoms with E-state index in [4.69, 9.17) is 23.2 Å². The minimum absolute atomic E-state index is 0.0755. The standard InChI is InChI=1S/C30H33Cl2F2N3O3/c1-30(12-2-3-13-30)27(25-23(34)11-10-22(31)26(25)32)36-28(39)17-4-7-20(14-17)35-29(40)18-15-24(38)37(16-18)21-8-5-19(33)6-9-21/h5-6,8-11,17-18,20,27H,2-4,7,12-16H2,1H3,(H,35,40)(H,36,39)/t17-,18+,20+,27+/m0/s1. The normalized spacial score (nSPS) is 24.8. The highest BCUT2D eigenvalue weighted by Gasteiger charge is 2.43. The first-order valence-corrected chi connectivity index (χ1v) is 14.6. The molecule has 3 amide bonds.